The number of para-hydroxylation sites is 2. The van der Waals surface area contributed by atoms with Gasteiger partial charge in [0, 0.05) is 38.4 Å². The standard InChI is InChI=1S/C27H29N3O3/c1-32-17-20-8-10-21(11-9-20)25(31)29-15-12-26(13-16-29)18-27(19-33-26)24-7-4-14-30(24)23-6-3-2-5-22(23)28-27/h2-11,14,28H,12-13,15-19H2,1H3/t27-/m1/s1. The second kappa shape index (κ2) is 7.75. The summed E-state index contributed by atoms with van der Waals surface area (Å²) in [5.41, 5.74) is 4.95. The molecule has 170 valence electrons. The molecule has 1 amide bonds. The lowest BCUT2D eigenvalue weighted by atomic mass is 9.79. The van der Waals surface area contributed by atoms with Crippen molar-refractivity contribution in [1.29, 1.82) is 0 Å². The van der Waals surface area contributed by atoms with E-state index in [1.54, 1.807) is 7.11 Å². The van der Waals surface area contributed by atoms with Crippen molar-refractivity contribution < 1.29 is 14.3 Å². The highest BCUT2D eigenvalue weighted by Crippen LogP contribution is 2.50. The highest BCUT2D eigenvalue weighted by molar-refractivity contribution is 5.94. The van der Waals surface area contributed by atoms with Gasteiger partial charge in [-0.05, 0) is 54.8 Å². The summed E-state index contributed by atoms with van der Waals surface area (Å²) >= 11 is 0. The Morgan fingerprint density at radius 3 is 2.64 bits per heavy atom. The molecule has 6 heteroatoms. The highest BCUT2D eigenvalue weighted by atomic mass is 16.5. The van der Waals surface area contributed by atoms with Gasteiger partial charge < -0.3 is 24.3 Å². The summed E-state index contributed by atoms with van der Waals surface area (Å²) in [7, 11) is 1.68. The Bertz CT molecular complexity index is 1180. The number of benzene rings is 2. The Balaban J connectivity index is 1.17. The van der Waals surface area contributed by atoms with Gasteiger partial charge in [0.2, 0.25) is 0 Å². The van der Waals surface area contributed by atoms with E-state index in [1.807, 2.05) is 29.2 Å². The van der Waals surface area contributed by atoms with Crippen molar-refractivity contribution in [3.63, 3.8) is 0 Å². The van der Waals surface area contributed by atoms with Gasteiger partial charge in [0.25, 0.3) is 5.91 Å². The topological polar surface area (TPSA) is 55.7 Å². The molecule has 1 N–H and O–H groups in total. The van der Waals surface area contributed by atoms with Crippen LogP contribution in [0.15, 0.2) is 66.9 Å². The molecule has 0 saturated carbocycles. The monoisotopic (exact) mass is 443 g/mol. The Morgan fingerprint density at radius 1 is 1.06 bits per heavy atom. The lowest BCUT2D eigenvalue weighted by molar-refractivity contribution is -0.0392. The van der Waals surface area contributed by atoms with Gasteiger partial charge in [0.05, 0.1) is 35.9 Å². The zero-order chi connectivity index (χ0) is 22.5. The number of carbonyl (C=O) groups excluding carboxylic acids is 1. The molecule has 2 spiro atoms. The third-order valence-electron chi connectivity index (χ3n) is 7.50. The normalized spacial score (nSPS) is 22.8. The molecule has 3 aliphatic heterocycles. The van der Waals surface area contributed by atoms with E-state index in [0.717, 1.165) is 36.1 Å². The number of nitrogens with zero attached hydrogens (tertiary/aromatic N) is 2. The third kappa shape index (κ3) is 3.36. The van der Waals surface area contributed by atoms with Crippen LogP contribution in [0.1, 0.15) is 40.9 Å². The van der Waals surface area contributed by atoms with Gasteiger partial charge in [-0.2, -0.15) is 0 Å². The maximum Gasteiger partial charge on any atom is 0.253 e. The van der Waals surface area contributed by atoms with Crippen molar-refractivity contribution in [3.05, 3.63) is 83.7 Å². The maximum absolute atomic E-state index is 13.1. The zero-order valence-electron chi connectivity index (χ0n) is 18.9. The number of nitrogens with one attached hydrogen (secondary N) is 1. The predicted molar refractivity (Wildman–Crippen MR) is 127 cm³/mol. The molecule has 6 rings (SSSR count). The lowest BCUT2D eigenvalue weighted by Gasteiger charge is -2.41. The van der Waals surface area contributed by atoms with E-state index in [0.29, 0.717) is 26.3 Å². The number of piperidine rings is 1. The van der Waals surface area contributed by atoms with Crippen LogP contribution in [0.3, 0.4) is 0 Å². The van der Waals surface area contributed by atoms with E-state index in [-0.39, 0.29) is 17.0 Å². The van der Waals surface area contributed by atoms with Gasteiger partial charge in [-0.15, -0.1) is 0 Å². The van der Waals surface area contributed by atoms with E-state index in [4.69, 9.17) is 9.47 Å². The average Bonchev–Trinajstić information content (AvgIpc) is 3.47. The van der Waals surface area contributed by atoms with Crippen molar-refractivity contribution >= 4 is 11.6 Å². The largest absolute Gasteiger partial charge is 0.380 e. The van der Waals surface area contributed by atoms with Crippen LogP contribution in [0.2, 0.25) is 0 Å². The second-order valence-electron chi connectivity index (χ2n) is 9.56. The fraction of sp³-hybridized carbons (Fsp3) is 0.370. The fourth-order valence-electron chi connectivity index (χ4n) is 5.80. The number of anilines is 1. The Morgan fingerprint density at radius 2 is 1.85 bits per heavy atom. The number of aromatic nitrogens is 1. The SMILES string of the molecule is COCc1ccc(C(=O)N2CCC3(CC2)C[C@]2(CO3)Nc3ccccc3-n3cccc32)cc1. The van der Waals surface area contributed by atoms with Crippen LogP contribution in [0.4, 0.5) is 5.69 Å². The smallest absolute Gasteiger partial charge is 0.253 e. The quantitative estimate of drug-likeness (QED) is 0.654. The molecular weight excluding hydrogens is 414 g/mol. The summed E-state index contributed by atoms with van der Waals surface area (Å²) < 4.78 is 14.0. The molecule has 0 aliphatic carbocycles. The lowest BCUT2D eigenvalue weighted by Crippen LogP contribution is -2.48. The van der Waals surface area contributed by atoms with E-state index in [1.165, 1.54) is 11.4 Å². The average molecular weight is 444 g/mol. The minimum absolute atomic E-state index is 0.0973. The molecule has 3 aliphatic rings. The Hall–Kier alpha value is -3.09. The third-order valence-corrected chi connectivity index (χ3v) is 7.50. The van der Waals surface area contributed by atoms with Crippen LogP contribution in [0.25, 0.3) is 5.69 Å². The van der Waals surface area contributed by atoms with Crippen molar-refractivity contribution in [1.82, 2.24) is 9.47 Å². The number of fused-ring (bicyclic) bond motifs is 4. The summed E-state index contributed by atoms with van der Waals surface area (Å²) in [5.74, 6) is 0.0973. The van der Waals surface area contributed by atoms with E-state index in [9.17, 15) is 4.79 Å². The van der Waals surface area contributed by atoms with Crippen LogP contribution >= 0.6 is 0 Å². The minimum atomic E-state index is -0.235. The Labute approximate surface area is 194 Å². The summed E-state index contributed by atoms with van der Waals surface area (Å²) in [6.07, 6.45) is 4.76. The minimum Gasteiger partial charge on any atom is -0.380 e. The molecule has 2 saturated heterocycles. The van der Waals surface area contributed by atoms with Crippen LogP contribution in [0.5, 0.6) is 0 Å². The molecule has 2 aromatic carbocycles. The molecule has 6 nitrogen and oxygen atoms in total. The summed E-state index contributed by atoms with van der Waals surface area (Å²) in [5, 5.41) is 3.83. The Kier molecular flexibility index (Phi) is 4.82. The van der Waals surface area contributed by atoms with Crippen molar-refractivity contribution in [2.75, 3.05) is 32.1 Å². The molecule has 2 fully saturated rings. The summed E-state index contributed by atoms with van der Waals surface area (Å²) in [6, 6.07) is 20.5. The first-order valence-electron chi connectivity index (χ1n) is 11.7. The van der Waals surface area contributed by atoms with Gasteiger partial charge in [0.1, 0.15) is 5.54 Å². The summed E-state index contributed by atoms with van der Waals surface area (Å²) in [4.78, 5) is 15.0. The molecule has 0 unspecified atom stereocenters. The van der Waals surface area contributed by atoms with Crippen LogP contribution in [-0.4, -0.2) is 47.8 Å². The molecule has 3 aromatic rings. The van der Waals surface area contributed by atoms with E-state index < -0.39 is 0 Å². The van der Waals surface area contributed by atoms with E-state index >= 15 is 0 Å². The maximum atomic E-state index is 13.1. The molecule has 33 heavy (non-hydrogen) atoms. The molecular formula is C27H29N3O3. The van der Waals surface area contributed by atoms with Crippen LogP contribution in [-0.2, 0) is 21.6 Å². The highest BCUT2D eigenvalue weighted by Gasteiger charge is 2.54. The zero-order valence-corrected chi connectivity index (χ0v) is 18.9. The fourth-order valence-corrected chi connectivity index (χ4v) is 5.80. The molecule has 1 atom stereocenters. The van der Waals surface area contributed by atoms with Gasteiger partial charge in [0.15, 0.2) is 0 Å². The number of hydrogen-bond donors (Lipinski definition) is 1. The van der Waals surface area contributed by atoms with Gasteiger partial charge >= 0.3 is 0 Å². The summed E-state index contributed by atoms with van der Waals surface area (Å²) in [6.45, 7) is 2.63. The first kappa shape index (κ1) is 20.5. The molecule has 0 radical (unpaired) electrons. The van der Waals surface area contributed by atoms with Gasteiger partial charge in [-0.3, -0.25) is 4.79 Å². The molecule has 4 heterocycles. The first-order valence-corrected chi connectivity index (χ1v) is 11.7. The van der Waals surface area contributed by atoms with Crippen LogP contribution < -0.4 is 5.32 Å². The molecule has 0 bridgehead atoms. The second-order valence-corrected chi connectivity index (χ2v) is 9.56. The first-order chi connectivity index (χ1) is 16.1. The number of rotatable bonds is 3. The van der Waals surface area contributed by atoms with Crippen molar-refractivity contribution in [2.45, 2.75) is 37.0 Å². The molecule has 1 aromatic heterocycles. The van der Waals surface area contributed by atoms with Crippen molar-refractivity contribution in [2.24, 2.45) is 0 Å². The van der Waals surface area contributed by atoms with Gasteiger partial charge in [-0.1, -0.05) is 24.3 Å². The number of likely N-dealkylation sites (tertiary alicyclic amines) is 1. The number of methoxy groups -OCH3 is 1. The van der Waals surface area contributed by atoms with E-state index in [2.05, 4.69) is 52.5 Å². The number of carbonyl (C=O) groups is 1. The number of amides is 1. The number of hydrogen-bond acceptors (Lipinski definition) is 4. The number of ether oxygens (including phenoxy) is 2. The van der Waals surface area contributed by atoms with Gasteiger partial charge in [-0.25, -0.2) is 0 Å². The van der Waals surface area contributed by atoms with Crippen molar-refractivity contribution in [3.8, 4) is 5.69 Å². The predicted octanol–water partition coefficient (Wildman–Crippen LogP) is 4.34. The van der Waals surface area contributed by atoms with Crippen LogP contribution in [0, 0.1) is 0 Å².